The first kappa shape index (κ1) is 19.3. The molecule has 140 valence electrons. The molecule has 1 aromatic heterocycles. The smallest absolute Gasteiger partial charge is 0.241 e. The van der Waals surface area contributed by atoms with Gasteiger partial charge in [-0.25, -0.2) is 8.42 Å². The maximum absolute atomic E-state index is 12.9. The second-order valence-corrected chi connectivity index (χ2v) is 8.88. The van der Waals surface area contributed by atoms with E-state index in [-0.39, 0.29) is 10.8 Å². The van der Waals surface area contributed by atoms with Gasteiger partial charge in [0.15, 0.2) is 0 Å². The van der Waals surface area contributed by atoms with Gasteiger partial charge in [0.05, 0.1) is 10.9 Å². The molecular formula is C20H20N2O3S2. The van der Waals surface area contributed by atoms with Crippen molar-refractivity contribution >= 4 is 33.0 Å². The van der Waals surface area contributed by atoms with E-state index in [0.717, 1.165) is 16.0 Å². The number of aryl methyl sites for hydroxylation is 1. The number of benzene rings is 2. The Bertz CT molecular complexity index is 1010. The van der Waals surface area contributed by atoms with Crippen molar-refractivity contribution in [2.24, 2.45) is 0 Å². The topological polar surface area (TPSA) is 75.3 Å². The van der Waals surface area contributed by atoms with Crippen molar-refractivity contribution in [3.63, 3.8) is 0 Å². The summed E-state index contributed by atoms with van der Waals surface area (Å²) in [5, 5.41) is 4.55. The Morgan fingerprint density at radius 1 is 1.00 bits per heavy atom. The van der Waals surface area contributed by atoms with Crippen molar-refractivity contribution in [2.75, 3.05) is 5.32 Å². The largest absolute Gasteiger partial charge is 0.326 e. The van der Waals surface area contributed by atoms with E-state index in [0.29, 0.717) is 5.69 Å². The van der Waals surface area contributed by atoms with Gasteiger partial charge >= 0.3 is 0 Å². The van der Waals surface area contributed by atoms with Crippen LogP contribution in [0.2, 0.25) is 0 Å². The van der Waals surface area contributed by atoms with Gasteiger partial charge in [0.25, 0.3) is 0 Å². The van der Waals surface area contributed by atoms with Gasteiger partial charge in [-0.1, -0.05) is 35.9 Å². The van der Waals surface area contributed by atoms with Crippen molar-refractivity contribution in [3.05, 3.63) is 82.0 Å². The number of hydrogen-bond acceptors (Lipinski definition) is 4. The van der Waals surface area contributed by atoms with Gasteiger partial charge in [-0.05, 0) is 48.2 Å². The molecule has 0 aliphatic heterocycles. The van der Waals surface area contributed by atoms with Crippen LogP contribution in [0.4, 0.5) is 5.69 Å². The molecule has 0 saturated heterocycles. The minimum absolute atomic E-state index is 0.144. The SMILES string of the molecule is CC(=O)Nc1ccc(S(=O)(=O)N[C@H](c2ccc(C)cc2)c2cccs2)cc1. The average molecular weight is 401 g/mol. The van der Waals surface area contributed by atoms with Crippen LogP contribution in [0.25, 0.3) is 0 Å². The van der Waals surface area contributed by atoms with Crippen LogP contribution in [0, 0.1) is 6.92 Å². The summed E-state index contributed by atoms with van der Waals surface area (Å²) < 4.78 is 28.6. The maximum atomic E-state index is 12.9. The predicted octanol–water partition coefficient (Wildman–Crippen LogP) is 4.08. The van der Waals surface area contributed by atoms with Crippen LogP contribution < -0.4 is 10.0 Å². The van der Waals surface area contributed by atoms with Crippen molar-refractivity contribution in [1.82, 2.24) is 4.72 Å². The van der Waals surface area contributed by atoms with Crippen LogP contribution in [0.3, 0.4) is 0 Å². The number of carbonyl (C=O) groups excluding carboxylic acids is 1. The number of sulfonamides is 1. The lowest BCUT2D eigenvalue weighted by Gasteiger charge is -2.18. The van der Waals surface area contributed by atoms with Crippen LogP contribution in [0.5, 0.6) is 0 Å². The lowest BCUT2D eigenvalue weighted by molar-refractivity contribution is -0.114. The van der Waals surface area contributed by atoms with E-state index in [9.17, 15) is 13.2 Å². The molecule has 0 bridgehead atoms. The van der Waals surface area contributed by atoms with Gasteiger partial charge in [0.2, 0.25) is 15.9 Å². The van der Waals surface area contributed by atoms with E-state index in [1.54, 1.807) is 12.1 Å². The van der Waals surface area contributed by atoms with Gasteiger partial charge in [-0.2, -0.15) is 4.72 Å². The first-order valence-corrected chi connectivity index (χ1v) is 10.7. The molecule has 0 fully saturated rings. The predicted molar refractivity (Wildman–Crippen MR) is 108 cm³/mol. The molecule has 5 nitrogen and oxygen atoms in total. The third-order valence-electron chi connectivity index (χ3n) is 4.00. The Hall–Kier alpha value is -2.48. The molecule has 3 rings (SSSR count). The summed E-state index contributed by atoms with van der Waals surface area (Å²) in [6.45, 7) is 3.39. The summed E-state index contributed by atoms with van der Waals surface area (Å²) in [6, 6.07) is 17.2. The molecule has 2 aromatic carbocycles. The van der Waals surface area contributed by atoms with Crippen LogP contribution in [0.15, 0.2) is 70.9 Å². The molecule has 0 aliphatic rings. The molecule has 0 unspecified atom stereocenters. The zero-order valence-electron chi connectivity index (χ0n) is 15.0. The summed E-state index contributed by atoms with van der Waals surface area (Å²) in [6.07, 6.45) is 0. The van der Waals surface area contributed by atoms with E-state index < -0.39 is 16.1 Å². The van der Waals surface area contributed by atoms with Gasteiger partial charge in [-0.15, -0.1) is 11.3 Å². The van der Waals surface area contributed by atoms with Crippen LogP contribution >= 0.6 is 11.3 Å². The number of thiophene rings is 1. The van der Waals surface area contributed by atoms with E-state index in [1.165, 1.54) is 30.4 Å². The molecule has 2 N–H and O–H groups in total. The molecule has 1 atom stereocenters. The van der Waals surface area contributed by atoms with Crippen molar-refractivity contribution in [3.8, 4) is 0 Å². The molecule has 0 aliphatic carbocycles. The zero-order valence-corrected chi connectivity index (χ0v) is 16.6. The highest BCUT2D eigenvalue weighted by atomic mass is 32.2. The highest BCUT2D eigenvalue weighted by Crippen LogP contribution is 2.28. The third kappa shape index (κ3) is 4.82. The standard InChI is InChI=1S/C20H20N2O3S2/c1-14-5-7-16(8-6-14)20(19-4-3-13-26-19)22-27(24,25)18-11-9-17(10-12-18)21-15(2)23/h3-13,20,22H,1-2H3,(H,21,23)/t20-/m1/s1. The summed E-state index contributed by atoms with van der Waals surface area (Å²) in [7, 11) is -3.75. The van der Waals surface area contributed by atoms with Crippen molar-refractivity contribution in [2.45, 2.75) is 24.8 Å². The first-order valence-electron chi connectivity index (χ1n) is 8.35. The molecule has 1 heterocycles. The number of anilines is 1. The Morgan fingerprint density at radius 2 is 1.67 bits per heavy atom. The molecule has 0 radical (unpaired) electrons. The number of rotatable bonds is 6. The van der Waals surface area contributed by atoms with Crippen molar-refractivity contribution < 1.29 is 13.2 Å². The second kappa shape index (κ2) is 8.04. The third-order valence-corrected chi connectivity index (χ3v) is 6.37. The van der Waals surface area contributed by atoms with Crippen molar-refractivity contribution in [1.29, 1.82) is 0 Å². The first-order chi connectivity index (χ1) is 12.8. The minimum Gasteiger partial charge on any atom is -0.326 e. The number of hydrogen-bond donors (Lipinski definition) is 2. The number of carbonyl (C=O) groups is 1. The maximum Gasteiger partial charge on any atom is 0.241 e. The van der Waals surface area contributed by atoms with E-state index in [4.69, 9.17) is 0 Å². The highest BCUT2D eigenvalue weighted by Gasteiger charge is 2.23. The molecule has 7 heteroatoms. The fourth-order valence-electron chi connectivity index (χ4n) is 2.65. The quantitative estimate of drug-likeness (QED) is 0.655. The molecule has 3 aromatic rings. The average Bonchev–Trinajstić information content (AvgIpc) is 3.15. The molecule has 27 heavy (non-hydrogen) atoms. The highest BCUT2D eigenvalue weighted by molar-refractivity contribution is 7.89. The van der Waals surface area contributed by atoms with Crippen LogP contribution in [-0.4, -0.2) is 14.3 Å². The minimum atomic E-state index is -3.75. The Morgan fingerprint density at radius 3 is 2.22 bits per heavy atom. The van der Waals surface area contributed by atoms with E-state index >= 15 is 0 Å². The fourth-order valence-corrected chi connectivity index (χ4v) is 4.73. The Balaban J connectivity index is 1.90. The van der Waals surface area contributed by atoms with E-state index in [1.807, 2.05) is 48.7 Å². The lowest BCUT2D eigenvalue weighted by Crippen LogP contribution is -2.29. The van der Waals surface area contributed by atoms with Gasteiger partial charge in [0.1, 0.15) is 0 Å². The summed E-state index contributed by atoms with van der Waals surface area (Å²) in [4.78, 5) is 12.2. The molecule has 0 saturated carbocycles. The van der Waals surface area contributed by atoms with Gasteiger partial charge in [-0.3, -0.25) is 4.79 Å². The zero-order chi connectivity index (χ0) is 19.4. The summed E-state index contributed by atoms with van der Waals surface area (Å²) in [5.41, 5.74) is 2.54. The summed E-state index contributed by atoms with van der Waals surface area (Å²) >= 11 is 1.50. The molecule has 0 spiro atoms. The lowest BCUT2D eigenvalue weighted by atomic mass is 10.0. The van der Waals surface area contributed by atoms with Crippen LogP contribution in [0.1, 0.15) is 29.0 Å². The number of nitrogens with one attached hydrogen (secondary N) is 2. The van der Waals surface area contributed by atoms with E-state index in [2.05, 4.69) is 10.0 Å². The molecular weight excluding hydrogens is 380 g/mol. The monoisotopic (exact) mass is 400 g/mol. The normalized spacial score (nSPS) is 12.5. The van der Waals surface area contributed by atoms with Crippen LogP contribution in [-0.2, 0) is 14.8 Å². The number of amides is 1. The summed E-state index contributed by atoms with van der Waals surface area (Å²) in [5.74, 6) is -0.208. The van der Waals surface area contributed by atoms with Gasteiger partial charge < -0.3 is 5.32 Å². The fraction of sp³-hybridized carbons (Fsp3) is 0.150. The van der Waals surface area contributed by atoms with Gasteiger partial charge in [0, 0.05) is 17.5 Å². The Labute approximate surface area is 163 Å². The Kier molecular flexibility index (Phi) is 5.74. The second-order valence-electron chi connectivity index (χ2n) is 6.19. The molecule has 1 amide bonds.